The highest BCUT2D eigenvalue weighted by molar-refractivity contribution is 5.71. The molecule has 0 amide bonds. The standard InChI is InChI=1S/C20H23N3O2/c1-13-4-7-17(23-14(2)5-6-15(23)3)12-18(13)16-10-19(21-8-9-24)22-20(25)11-16/h4-7,10-12,24H,8-9H2,1-3H3,(H2,21,22,25). The van der Waals surface area contributed by atoms with Crippen molar-refractivity contribution in [2.24, 2.45) is 0 Å². The number of nitrogens with zero attached hydrogens (tertiary/aromatic N) is 1. The average Bonchev–Trinajstić information content (AvgIpc) is 2.92. The summed E-state index contributed by atoms with van der Waals surface area (Å²) >= 11 is 0. The van der Waals surface area contributed by atoms with Crippen molar-refractivity contribution in [2.75, 3.05) is 18.5 Å². The minimum atomic E-state index is -0.170. The summed E-state index contributed by atoms with van der Waals surface area (Å²) in [4.78, 5) is 14.8. The van der Waals surface area contributed by atoms with Gasteiger partial charge >= 0.3 is 0 Å². The molecule has 0 fully saturated rings. The Morgan fingerprint density at radius 2 is 1.76 bits per heavy atom. The molecule has 0 aliphatic rings. The van der Waals surface area contributed by atoms with Gasteiger partial charge in [0.25, 0.3) is 0 Å². The molecule has 0 saturated heterocycles. The number of hydrogen-bond acceptors (Lipinski definition) is 3. The molecular formula is C20H23N3O2. The van der Waals surface area contributed by atoms with E-state index in [4.69, 9.17) is 5.11 Å². The van der Waals surface area contributed by atoms with E-state index in [9.17, 15) is 4.79 Å². The van der Waals surface area contributed by atoms with Crippen LogP contribution in [0.15, 0.2) is 47.3 Å². The van der Waals surface area contributed by atoms with Crippen molar-refractivity contribution < 1.29 is 5.11 Å². The van der Waals surface area contributed by atoms with Crippen molar-refractivity contribution in [3.8, 4) is 16.8 Å². The third-order valence-corrected chi connectivity index (χ3v) is 4.33. The lowest BCUT2D eigenvalue weighted by molar-refractivity contribution is 0.311. The molecule has 25 heavy (non-hydrogen) atoms. The predicted molar refractivity (Wildman–Crippen MR) is 102 cm³/mol. The Hall–Kier alpha value is -2.79. The summed E-state index contributed by atoms with van der Waals surface area (Å²) in [6.45, 7) is 6.59. The summed E-state index contributed by atoms with van der Waals surface area (Å²) in [5, 5.41) is 12.0. The molecule has 1 aromatic carbocycles. The summed E-state index contributed by atoms with van der Waals surface area (Å²) in [5.41, 5.74) is 6.22. The quantitative estimate of drug-likeness (QED) is 0.670. The third-order valence-electron chi connectivity index (χ3n) is 4.33. The van der Waals surface area contributed by atoms with Crippen molar-refractivity contribution in [2.45, 2.75) is 20.8 Å². The second-order valence-corrected chi connectivity index (χ2v) is 6.25. The Morgan fingerprint density at radius 1 is 1.04 bits per heavy atom. The number of rotatable bonds is 5. The van der Waals surface area contributed by atoms with Gasteiger partial charge in [-0.1, -0.05) is 6.07 Å². The van der Waals surface area contributed by atoms with E-state index in [0.717, 1.165) is 22.4 Å². The molecule has 2 heterocycles. The fourth-order valence-electron chi connectivity index (χ4n) is 3.12. The van der Waals surface area contributed by atoms with E-state index < -0.39 is 0 Å². The molecule has 3 aromatic rings. The normalized spacial score (nSPS) is 10.9. The molecule has 0 bridgehead atoms. The molecule has 3 rings (SSSR count). The molecule has 5 nitrogen and oxygen atoms in total. The van der Waals surface area contributed by atoms with Crippen LogP contribution in [0.2, 0.25) is 0 Å². The van der Waals surface area contributed by atoms with E-state index in [-0.39, 0.29) is 12.2 Å². The fraction of sp³-hybridized carbons (Fsp3) is 0.250. The largest absolute Gasteiger partial charge is 0.395 e. The average molecular weight is 337 g/mol. The zero-order valence-electron chi connectivity index (χ0n) is 14.8. The number of aromatic nitrogens is 2. The van der Waals surface area contributed by atoms with Gasteiger partial charge in [-0.05, 0) is 67.8 Å². The zero-order valence-corrected chi connectivity index (χ0v) is 14.8. The zero-order chi connectivity index (χ0) is 18.0. The van der Waals surface area contributed by atoms with Gasteiger partial charge in [-0.2, -0.15) is 0 Å². The number of aliphatic hydroxyl groups excluding tert-OH is 1. The third kappa shape index (κ3) is 3.51. The van der Waals surface area contributed by atoms with Gasteiger partial charge in [0, 0.05) is 29.7 Å². The molecule has 130 valence electrons. The van der Waals surface area contributed by atoms with Crippen LogP contribution >= 0.6 is 0 Å². The number of hydrogen-bond donors (Lipinski definition) is 3. The predicted octanol–water partition coefficient (Wildman–Crippen LogP) is 3.16. The van der Waals surface area contributed by atoms with Crippen LogP contribution in [-0.2, 0) is 0 Å². The van der Waals surface area contributed by atoms with E-state index in [1.54, 1.807) is 6.07 Å². The summed E-state index contributed by atoms with van der Waals surface area (Å²) in [7, 11) is 0. The molecule has 0 radical (unpaired) electrons. The lowest BCUT2D eigenvalue weighted by Crippen LogP contribution is -2.13. The van der Waals surface area contributed by atoms with E-state index in [0.29, 0.717) is 12.4 Å². The minimum absolute atomic E-state index is 0.00690. The smallest absolute Gasteiger partial charge is 0.250 e. The molecule has 0 atom stereocenters. The van der Waals surface area contributed by atoms with Crippen LogP contribution in [0.25, 0.3) is 16.8 Å². The summed E-state index contributed by atoms with van der Waals surface area (Å²) in [6.07, 6.45) is 0. The maximum atomic E-state index is 12.0. The molecule has 3 N–H and O–H groups in total. The number of aryl methyl sites for hydroxylation is 3. The number of aromatic amines is 1. The van der Waals surface area contributed by atoms with Crippen LogP contribution in [0.1, 0.15) is 17.0 Å². The first-order chi connectivity index (χ1) is 12.0. The van der Waals surface area contributed by atoms with Gasteiger partial charge in [-0.3, -0.25) is 4.79 Å². The SMILES string of the molecule is Cc1ccc(-n2c(C)ccc2C)cc1-c1cc(NCCO)[nH]c(=O)c1. The van der Waals surface area contributed by atoms with Crippen LogP contribution in [0, 0.1) is 20.8 Å². The monoisotopic (exact) mass is 337 g/mol. The fourth-order valence-corrected chi connectivity index (χ4v) is 3.12. The van der Waals surface area contributed by atoms with Gasteiger partial charge in [0.1, 0.15) is 5.82 Å². The Labute approximate surface area is 147 Å². The van der Waals surface area contributed by atoms with Crippen molar-refractivity contribution in [3.63, 3.8) is 0 Å². The number of benzene rings is 1. The Kier molecular flexibility index (Phi) is 4.76. The molecule has 0 spiro atoms. The Bertz CT molecular complexity index is 934. The van der Waals surface area contributed by atoms with E-state index in [2.05, 4.69) is 59.0 Å². The molecule has 2 aromatic heterocycles. The first-order valence-electron chi connectivity index (χ1n) is 8.35. The van der Waals surface area contributed by atoms with Crippen molar-refractivity contribution in [3.05, 3.63) is 69.8 Å². The second kappa shape index (κ2) is 6.99. The highest BCUT2D eigenvalue weighted by atomic mass is 16.3. The molecule has 0 aliphatic heterocycles. The van der Waals surface area contributed by atoms with Crippen LogP contribution < -0.4 is 10.9 Å². The number of H-pyrrole nitrogens is 1. The van der Waals surface area contributed by atoms with Crippen LogP contribution in [0.3, 0.4) is 0 Å². The molecule has 0 aliphatic carbocycles. The number of anilines is 1. The maximum Gasteiger partial charge on any atom is 0.250 e. The first kappa shape index (κ1) is 17.0. The van der Waals surface area contributed by atoms with Gasteiger partial charge in [0.05, 0.1) is 6.61 Å². The number of pyridine rings is 1. The van der Waals surface area contributed by atoms with E-state index in [1.807, 2.05) is 13.0 Å². The van der Waals surface area contributed by atoms with Crippen molar-refractivity contribution in [1.29, 1.82) is 0 Å². The van der Waals surface area contributed by atoms with Gasteiger partial charge in [-0.25, -0.2) is 0 Å². The van der Waals surface area contributed by atoms with E-state index >= 15 is 0 Å². The van der Waals surface area contributed by atoms with Gasteiger partial charge < -0.3 is 20.0 Å². The lowest BCUT2D eigenvalue weighted by Gasteiger charge is -2.14. The van der Waals surface area contributed by atoms with Crippen LogP contribution in [0.4, 0.5) is 5.82 Å². The van der Waals surface area contributed by atoms with Gasteiger partial charge in [0.15, 0.2) is 0 Å². The molecule has 5 heteroatoms. The molecule has 0 saturated carbocycles. The molecular weight excluding hydrogens is 314 g/mol. The number of aliphatic hydroxyl groups is 1. The number of nitrogens with one attached hydrogen (secondary N) is 2. The van der Waals surface area contributed by atoms with Crippen molar-refractivity contribution >= 4 is 5.82 Å². The second-order valence-electron chi connectivity index (χ2n) is 6.25. The Balaban J connectivity index is 2.10. The van der Waals surface area contributed by atoms with E-state index in [1.165, 1.54) is 11.4 Å². The summed E-state index contributed by atoms with van der Waals surface area (Å²) < 4.78 is 2.20. The lowest BCUT2D eigenvalue weighted by atomic mass is 10.0. The minimum Gasteiger partial charge on any atom is -0.395 e. The summed E-state index contributed by atoms with van der Waals surface area (Å²) in [6, 6.07) is 14.0. The molecule has 0 unspecified atom stereocenters. The van der Waals surface area contributed by atoms with Gasteiger partial charge in [-0.15, -0.1) is 0 Å². The van der Waals surface area contributed by atoms with Crippen LogP contribution in [-0.4, -0.2) is 27.8 Å². The first-order valence-corrected chi connectivity index (χ1v) is 8.35. The Morgan fingerprint density at radius 3 is 2.44 bits per heavy atom. The van der Waals surface area contributed by atoms with Gasteiger partial charge in [0.2, 0.25) is 5.56 Å². The summed E-state index contributed by atoms with van der Waals surface area (Å²) in [5.74, 6) is 0.606. The maximum absolute atomic E-state index is 12.0. The topological polar surface area (TPSA) is 70.0 Å². The highest BCUT2D eigenvalue weighted by Crippen LogP contribution is 2.28. The van der Waals surface area contributed by atoms with Crippen molar-refractivity contribution in [1.82, 2.24) is 9.55 Å². The highest BCUT2D eigenvalue weighted by Gasteiger charge is 2.09. The van der Waals surface area contributed by atoms with Crippen LogP contribution in [0.5, 0.6) is 0 Å².